The van der Waals surface area contributed by atoms with E-state index in [-0.39, 0.29) is 12.4 Å². The number of nitrogens with one attached hydrogen (secondary N) is 1. The largest absolute Gasteiger partial charge is 0.450 e. The van der Waals surface area contributed by atoms with Crippen molar-refractivity contribution in [3.63, 3.8) is 0 Å². The Morgan fingerprint density at radius 1 is 1.09 bits per heavy atom. The van der Waals surface area contributed by atoms with Crippen molar-refractivity contribution >= 4 is 23.6 Å². The van der Waals surface area contributed by atoms with Gasteiger partial charge >= 0.3 is 6.09 Å². The van der Waals surface area contributed by atoms with E-state index in [1.54, 1.807) is 31.2 Å². The van der Waals surface area contributed by atoms with Crippen LogP contribution < -0.4 is 5.32 Å². The van der Waals surface area contributed by atoms with Crippen LogP contribution in [0.25, 0.3) is 0 Å². The number of ether oxygens (including phenoxy) is 1. The van der Waals surface area contributed by atoms with Gasteiger partial charge in [0.1, 0.15) is 5.37 Å². The van der Waals surface area contributed by atoms with E-state index in [1.807, 2.05) is 37.3 Å². The lowest BCUT2D eigenvalue weighted by molar-refractivity contribution is 0.0964. The third-order valence-corrected chi connectivity index (χ3v) is 4.21. The Morgan fingerprint density at radius 3 is 2.35 bits per heavy atom. The molecular formula is C18H19NO3S. The molecule has 0 aromatic heterocycles. The van der Waals surface area contributed by atoms with Gasteiger partial charge in [0.15, 0.2) is 5.78 Å². The molecule has 0 aliphatic heterocycles. The molecule has 2 rings (SSSR count). The van der Waals surface area contributed by atoms with E-state index in [0.717, 1.165) is 10.5 Å². The zero-order valence-corrected chi connectivity index (χ0v) is 13.9. The third-order valence-electron chi connectivity index (χ3n) is 3.10. The summed E-state index contributed by atoms with van der Waals surface area (Å²) < 4.78 is 4.90. The molecule has 1 atom stereocenters. The first-order chi connectivity index (χ1) is 11.1. The molecule has 4 nitrogen and oxygen atoms in total. The SMILES string of the molecule is CCOC(=O)NC(Sc1ccc(C)cc1)C(=O)c1ccccc1. The topological polar surface area (TPSA) is 55.4 Å². The van der Waals surface area contributed by atoms with Gasteiger partial charge in [-0.2, -0.15) is 0 Å². The fraction of sp³-hybridized carbons (Fsp3) is 0.222. The quantitative estimate of drug-likeness (QED) is 0.494. The Bertz CT molecular complexity index is 656. The van der Waals surface area contributed by atoms with Crippen LogP contribution in [0.15, 0.2) is 59.5 Å². The van der Waals surface area contributed by atoms with E-state index in [0.29, 0.717) is 5.56 Å². The highest BCUT2D eigenvalue weighted by molar-refractivity contribution is 8.00. The number of alkyl carbamates (subject to hydrolysis) is 1. The molecule has 2 aromatic rings. The fourth-order valence-corrected chi connectivity index (χ4v) is 2.90. The first kappa shape index (κ1) is 17.1. The minimum absolute atomic E-state index is 0.163. The number of carbonyl (C=O) groups is 2. The molecule has 1 N–H and O–H groups in total. The first-order valence-electron chi connectivity index (χ1n) is 7.36. The minimum Gasteiger partial charge on any atom is -0.450 e. The lowest BCUT2D eigenvalue weighted by atomic mass is 10.1. The summed E-state index contributed by atoms with van der Waals surface area (Å²) in [6.45, 7) is 3.98. The molecule has 0 spiro atoms. The van der Waals surface area contributed by atoms with Crippen LogP contribution in [0.4, 0.5) is 4.79 Å². The van der Waals surface area contributed by atoms with E-state index in [9.17, 15) is 9.59 Å². The number of benzene rings is 2. The number of carbonyl (C=O) groups excluding carboxylic acids is 2. The molecule has 0 saturated carbocycles. The van der Waals surface area contributed by atoms with Gasteiger partial charge in [-0.1, -0.05) is 59.8 Å². The van der Waals surface area contributed by atoms with Gasteiger partial charge in [0.05, 0.1) is 6.61 Å². The van der Waals surface area contributed by atoms with Crippen LogP contribution in [0, 0.1) is 6.92 Å². The van der Waals surface area contributed by atoms with Gasteiger partial charge in [-0.05, 0) is 26.0 Å². The van der Waals surface area contributed by atoms with Crippen molar-refractivity contribution in [2.75, 3.05) is 6.61 Å². The maximum atomic E-state index is 12.7. The molecule has 5 heteroatoms. The fourth-order valence-electron chi connectivity index (χ4n) is 1.94. The van der Waals surface area contributed by atoms with Gasteiger partial charge in [0, 0.05) is 10.5 Å². The smallest absolute Gasteiger partial charge is 0.408 e. The highest BCUT2D eigenvalue weighted by Gasteiger charge is 2.23. The number of amides is 1. The number of thioether (sulfide) groups is 1. The standard InChI is InChI=1S/C18H19NO3S/c1-3-22-18(21)19-17(16(20)14-7-5-4-6-8-14)23-15-11-9-13(2)10-12-15/h4-12,17H,3H2,1-2H3,(H,19,21). The van der Waals surface area contributed by atoms with Gasteiger partial charge in [-0.25, -0.2) is 4.79 Å². The molecule has 0 bridgehead atoms. The average molecular weight is 329 g/mol. The monoisotopic (exact) mass is 329 g/mol. The minimum atomic E-state index is -0.737. The predicted octanol–water partition coefficient (Wildman–Crippen LogP) is 4.04. The number of ketones is 1. The molecule has 0 heterocycles. The second-order valence-electron chi connectivity index (χ2n) is 4.91. The second-order valence-corrected chi connectivity index (χ2v) is 6.08. The van der Waals surface area contributed by atoms with E-state index in [2.05, 4.69) is 5.32 Å². The zero-order valence-electron chi connectivity index (χ0n) is 13.1. The van der Waals surface area contributed by atoms with Gasteiger partial charge in [-0.3, -0.25) is 4.79 Å². The Morgan fingerprint density at radius 2 is 1.74 bits per heavy atom. The lowest BCUT2D eigenvalue weighted by Gasteiger charge is -2.17. The van der Waals surface area contributed by atoms with Crippen LogP contribution >= 0.6 is 11.8 Å². The van der Waals surface area contributed by atoms with Crippen molar-refractivity contribution in [2.24, 2.45) is 0 Å². The molecule has 23 heavy (non-hydrogen) atoms. The molecule has 0 saturated heterocycles. The molecule has 120 valence electrons. The second kappa shape index (κ2) is 8.39. The van der Waals surface area contributed by atoms with Crippen LogP contribution in [0.2, 0.25) is 0 Å². The highest BCUT2D eigenvalue weighted by Crippen LogP contribution is 2.25. The molecule has 1 amide bonds. The summed E-state index contributed by atoms with van der Waals surface area (Å²) in [5.74, 6) is -0.163. The average Bonchev–Trinajstić information content (AvgIpc) is 2.56. The number of Topliss-reactive ketones (excluding diaryl/α,β-unsaturated/α-hetero) is 1. The molecule has 0 aliphatic carbocycles. The highest BCUT2D eigenvalue weighted by atomic mass is 32.2. The van der Waals surface area contributed by atoms with Crippen LogP contribution in [0.1, 0.15) is 22.8 Å². The summed E-state index contributed by atoms with van der Waals surface area (Å²) in [6, 6.07) is 16.7. The Kier molecular flexibility index (Phi) is 6.23. The Labute approximate surface area is 140 Å². The maximum Gasteiger partial charge on any atom is 0.408 e. The van der Waals surface area contributed by atoms with Gasteiger partial charge in [-0.15, -0.1) is 0 Å². The van der Waals surface area contributed by atoms with Crippen molar-refractivity contribution in [2.45, 2.75) is 24.1 Å². The predicted molar refractivity (Wildman–Crippen MR) is 91.8 cm³/mol. The van der Waals surface area contributed by atoms with Crippen molar-refractivity contribution < 1.29 is 14.3 Å². The normalized spacial score (nSPS) is 11.6. The molecule has 0 aliphatic rings. The van der Waals surface area contributed by atoms with Crippen molar-refractivity contribution in [3.05, 3.63) is 65.7 Å². The summed E-state index contributed by atoms with van der Waals surface area (Å²) in [5, 5.41) is 1.89. The van der Waals surface area contributed by atoms with Crippen LogP contribution in [-0.4, -0.2) is 23.9 Å². The zero-order chi connectivity index (χ0) is 16.7. The molecular weight excluding hydrogens is 310 g/mol. The summed E-state index contributed by atoms with van der Waals surface area (Å²) in [5.41, 5.74) is 1.69. The van der Waals surface area contributed by atoms with Crippen LogP contribution in [0.5, 0.6) is 0 Å². The lowest BCUT2D eigenvalue weighted by Crippen LogP contribution is -2.38. The van der Waals surface area contributed by atoms with Crippen LogP contribution in [0.3, 0.4) is 0 Å². The third kappa shape index (κ3) is 5.14. The summed E-state index contributed by atoms with van der Waals surface area (Å²) in [6.07, 6.45) is -0.596. The molecule has 2 aromatic carbocycles. The van der Waals surface area contributed by atoms with Gasteiger partial charge < -0.3 is 10.1 Å². The Hall–Kier alpha value is -2.27. The Balaban J connectivity index is 2.18. The number of hydrogen-bond donors (Lipinski definition) is 1. The summed E-state index contributed by atoms with van der Waals surface area (Å²) in [7, 11) is 0. The van der Waals surface area contributed by atoms with E-state index in [1.165, 1.54) is 11.8 Å². The number of rotatable bonds is 6. The first-order valence-corrected chi connectivity index (χ1v) is 8.24. The molecule has 0 radical (unpaired) electrons. The van der Waals surface area contributed by atoms with Crippen LogP contribution in [-0.2, 0) is 4.74 Å². The van der Waals surface area contributed by atoms with E-state index >= 15 is 0 Å². The number of hydrogen-bond acceptors (Lipinski definition) is 4. The number of aryl methyl sites for hydroxylation is 1. The maximum absolute atomic E-state index is 12.7. The van der Waals surface area contributed by atoms with E-state index < -0.39 is 11.5 Å². The summed E-state index contributed by atoms with van der Waals surface area (Å²) in [4.78, 5) is 25.3. The van der Waals surface area contributed by atoms with Crippen molar-refractivity contribution in [3.8, 4) is 0 Å². The van der Waals surface area contributed by atoms with Crippen molar-refractivity contribution in [1.29, 1.82) is 0 Å². The van der Waals surface area contributed by atoms with Gasteiger partial charge in [0.2, 0.25) is 0 Å². The van der Waals surface area contributed by atoms with E-state index in [4.69, 9.17) is 4.74 Å². The molecule has 1 unspecified atom stereocenters. The summed E-state index contributed by atoms with van der Waals surface area (Å²) >= 11 is 1.29. The van der Waals surface area contributed by atoms with Crippen molar-refractivity contribution in [1.82, 2.24) is 5.32 Å². The van der Waals surface area contributed by atoms with Gasteiger partial charge in [0.25, 0.3) is 0 Å². The molecule has 0 fully saturated rings.